The molecule has 0 fully saturated rings. The van der Waals surface area contributed by atoms with E-state index in [2.05, 4.69) is 6.07 Å². The molecule has 0 radical (unpaired) electrons. The van der Waals surface area contributed by atoms with E-state index < -0.39 is 0 Å². The number of benzene rings is 3. The van der Waals surface area contributed by atoms with Gasteiger partial charge in [0.05, 0.1) is 10.3 Å². The van der Waals surface area contributed by atoms with Gasteiger partial charge in [0.15, 0.2) is 11.2 Å². The van der Waals surface area contributed by atoms with Crippen LogP contribution in [0.25, 0.3) is 38.2 Å². The maximum absolute atomic E-state index is 13.1. The standard InChI is InChI=1S/C22H14N2OS/c25-20-21(16-11-5-2-6-12-16)26-24-18-14-8-7-13-17(18)19(23-22(20)24)15-9-3-1-4-10-15/h1-14H. The highest BCUT2D eigenvalue weighted by Crippen LogP contribution is 2.35. The van der Waals surface area contributed by atoms with E-state index in [1.165, 1.54) is 11.5 Å². The molecular weight excluding hydrogens is 340 g/mol. The number of para-hydroxylation sites is 1. The minimum atomic E-state index is -0.0239. The van der Waals surface area contributed by atoms with E-state index in [1.54, 1.807) is 0 Å². The molecule has 5 aromatic rings. The summed E-state index contributed by atoms with van der Waals surface area (Å²) >= 11 is 1.45. The predicted octanol–water partition coefficient (Wildman–Crippen LogP) is 4.44. The van der Waals surface area contributed by atoms with E-state index in [4.69, 9.17) is 4.98 Å². The molecule has 0 bridgehead atoms. The van der Waals surface area contributed by atoms with Crippen LogP contribution >= 0.6 is 11.5 Å². The lowest BCUT2D eigenvalue weighted by molar-refractivity contribution is -0.408. The van der Waals surface area contributed by atoms with Gasteiger partial charge in [0.2, 0.25) is 0 Å². The molecule has 2 aromatic heterocycles. The quantitative estimate of drug-likeness (QED) is 0.440. The van der Waals surface area contributed by atoms with E-state index in [0.29, 0.717) is 10.5 Å². The van der Waals surface area contributed by atoms with E-state index in [9.17, 15) is 5.11 Å². The highest BCUT2D eigenvalue weighted by Gasteiger charge is 2.22. The van der Waals surface area contributed by atoms with Gasteiger partial charge in [-0.25, -0.2) is 0 Å². The van der Waals surface area contributed by atoms with Gasteiger partial charge in [0, 0.05) is 22.8 Å². The second-order valence-corrected chi connectivity index (χ2v) is 7.03. The lowest BCUT2D eigenvalue weighted by Crippen LogP contribution is -2.19. The Bertz CT molecular complexity index is 1230. The van der Waals surface area contributed by atoms with Crippen LogP contribution in [0.3, 0.4) is 0 Å². The smallest absolute Gasteiger partial charge is 0.333 e. The summed E-state index contributed by atoms with van der Waals surface area (Å²) in [6, 6.07) is 27.9. The molecule has 4 heteroatoms. The van der Waals surface area contributed by atoms with Gasteiger partial charge in [-0.2, -0.15) is 0 Å². The summed E-state index contributed by atoms with van der Waals surface area (Å²) in [7, 11) is 0. The van der Waals surface area contributed by atoms with Crippen LogP contribution in [-0.4, -0.2) is 4.98 Å². The maximum atomic E-state index is 13.1. The Morgan fingerprint density at radius 3 is 2.08 bits per heavy atom. The van der Waals surface area contributed by atoms with Gasteiger partial charge in [0.1, 0.15) is 0 Å². The largest absolute Gasteiger partial charge is 0.866 e. The summed E-state index contributed by atoms with van der Waals surface area (Å²) in [5.74, 6) is -0.0239. The van der Waals surface area contributed by atoms with E-state index >= 15 is 0 Å². The number of hydrogen-bond donors (Lipinski definition) is 0. The normalized spacial score (nSPS) is 11.2. The Morgan fingerprint density at radius 2 is 1.35 bits per heavy atom. The Labute approximate surface area is 154 Å². The zero-order valence-corrected chi connectivity index (χ0v) is 14.6. The van der Waals surface area contributed by atoms with Crippen molar-refractivity contribution in [1.82, 2.24) is 4.98 Å². The van der Waals surface area contributed by atoms with Crippen LogP contribution in [0.4, 0.5) is 0 Å². The van der Waals surface area contributed by atoms with Gasteiger partial charge in [-0.15, -0.1) is 3.79 Å². The molecule has 3 aromatic carbocycles. The molecule has 0 aliphatic carbocycles. The van der Waals surface area contributed by atoms with Crippen molar-refractivity contribution < 1.29 is 8.90 Å². The average molecular weight is 354 g/mol. The first kappa shape index (κ1) is 15.0. The van der Waals surface area contributed by atoms with Crippen LogP contribution in [0.5, 0.6) is 5.75 Å². The average Bonchev–Trinajstić information content (AvgIpc) is 3.05. The second kappa shape index (κ2) is 5.93. The van der Waals surface area contributed by atoms with Crippen molar-refractivity contribution in [2.24, 2.45) is 0 Å². The summed E-state index contributed by atoms with van der Waals surface area (Å²) in [5, 5.41) is 14.1. The molecule has 0 aliphatic rings. The van der Waals surface area contributed by atoms with Crippen LogP contribution in [0.1, 0.15) is 0 Å². The number of nitrogens with zero attached hydrogens (tertiary/aromatic N) is 2. The third-order valence-corrected chi connectivity index (χ3v) is 5.62. The summed E-state index contributed by atoms with van der Waals surface area (Å²) in [4.78, 5) is 5.50. The highest BCUT2D eigenvalue weighted by atomic mass is 32.1. The summed E-state index contributed by atoms with van der Waals surface area (Å²) in [5.41, 5.74) is 4.26. The minimum Gasteiger partial charge on any atom is -0.866 e. The van der Waals surface area contributed by atoms with Crippen molar-refractivity contribution >= 4 is 28.1 Å². The van der Waals surface area contributed by atoms with Crippen molar-refractivity contribution in [1.29, 1.82) is 0 Å². The first-order valence-electron chi connectivity index (χ1n) is 8.38. The van der Waals surface area contributed by atoms with E-state index in [1.807, 2.05) is 82.7 Å². The summed E-state index contributed by atoms with van der Waals surface area (Å²) in [6.45, 7) is 0. The third-order valence-electron chi connectivity index (χ3n) is 4.46. The van der Waals surface area contributed by atoms with E-state index in [-0.39, 0.29) is 5.75 Å². The monoisotopic (exact) mass is 354 g/mol. The lowest BCUT2D eigenvalue weighted by atomic mass is 10.1. The fourth-order valence-electron chi connectivity index (χ4n) is 3.24. The molecule has 2 heterocycles. The van der Waals surface area contributed by atoms with Gasteiger partial charge < -0.3 is 5.11 Å². The van der Waals surface area contributed by atoms with Crippen LogP contribution in [0.2, 0.25) is 0 Å². The summed E-state index contributed by atoms with van der Waals surface area (Å²) < 4.78 is 1.95. The van der Waals surface area contributed by atoms with Crippen molar-refractivity contribution in [3.63, 3.8) is 0 Å². The number of fused-ring (bicyclic) bond motifs is 3. The van der Waals surface area contributed by atoms with Crippen LogP contribution < -0.4 is 8.90 Å². The molecule has 0 atom stereocenters. The first-order valence-corrected chi connectivity index (χ1v) is 9.16. The van der Waals surface area contributed by atoms with Crippen molar-refractivity contribution in [3.8, 4) is 27.4 Å². The molecule has 3 nitrogen and oxygen atoms in total. The van der Waals surface area contributed by atoms with Crippen LogP contribution in [0, 0.1) is 0 Å². The van der Waals surface area contributed by atoms with Gasteiger partial charge in [-0.05, 0) is 22.7 Å². The lowest BCUT2D eigenvalue weighted by Gasteiger charge is -2.03. The molecule has 0 aliphatic heterocycles. The molecular formula is C22H14N2OS. The molecule has 0 unspecified atom stereocenters. The van der Waals surface area contributed by atoms with Crippen LogP contribution in [-0.2, 0) is 0 Å². The Hall–Kier alpha value is -3.24. The fourth-order valence-corrected chi connectivity index (χ4v) is 4.30. The number of rotatable bonds is 2. The van der Waals surface area contributed by atoms with Gasteiger partial charge in [-0.1, -0.05) is 72.8 Å². The van der Waals surface area contributed by atoms with Gasteiger partial charge >= 0.3 is 5.65 Å². The third kappa shape index (κ3) is 2.27. The van der Waals surface area contributed by atoms with Crippen molar-refractivity contribution in [3.05, 3.63) is 84.9 Å². The van der Waals surface area contributed by atoms with Crippen molar-refractivity contribution in [2.75, 3.05) is 0 Å². The predicted molar refractivity (Wildman–Crippen MR) is 103 cm³/mol. The Morgan fingerprint density at radius 1 is 0.731 bits per heavy atom. The minimum absolute atomic E-state index is 0.0239. The number of aromatic nitrogens is 2. The van der Waals surface area contributed by atoms with Gasteiger partial charge in [0.25, 0.3) is 0 Å². The van der Waals surface area contributed by atoms with Crippen LogP contribution in [0.15, 0.2) is 84.9 Å². The molecule has 0 saturated heterocycles. The second-order valence-electron chi connectivity index (χ2n) is 6.08. The SMILES string of the molecule is [O-]c1c(-c2ccccc2)s[n+]2c1nc(-c1ccccc1)c1ccccc12. The zero-order chi connectivity index (χ0) is 17.5. The summed E-state index contributed by atoms with van der Waals surface area (Å²) in [6.07, 6.45) is 0. The molecule has 124 valence electrons. The van der Waals surface area contributed by atoms with E-state index in [0.717, 1.165) is 27.7 Å². The topological polar surface area (TPSA) is 40.0 Å². The molecule has 0 N–H and O–H groups in total. The maximum Gasteiger partial charge on any atom is 0.333 e. The molecule has 0 amide bonds. The fraction of sp³-hybridized carbons (Fsp3) is 0. The molecule has 26 heavy (non-hydrogen) atoms. The molecule has 5 rings (SSSR count). The molecule has 0 spiro atoms. The Balaban J connectivity index is 1.89. The molecule has 0 saturated carbocycles. The first-order chi connectivity index (χ1) is 12.8. The number of hydrogen-bond acceptors (Lipinski definition) is 3. The highest BCUT2D eigenvalue weighted by molar-refractivity contribution is 7.06. The zero-order valence-electron chi connectivity index (χ0n) is 13.8. The Kier molecular flexibility index (Phi) is 3.43. The van der Waals surface area contributed by atoms with Crippen molar-refractivity contribution in [2.45, 2.75) is 0 Å². The van der Waals surface area contributed by atoms with Gasteiger partial charge in [-0.3, -0.25) is 0 Å².